The Morgan fingerprint density at radius 1 is 1.62 bits per heavy atom. The van der Waals surface area contributed by atoms with Crippen LogP contribution < -0.4 is 0 Å². The number of halogens is 1. The number of rotatable bonds is 1. The van der Waals surface area contributed by atoms with E-state index in [1.165, 1.54) is 0 Å². The number of nitrogens with zero attached hydrogens (tertiary/aromatic N) is 3. The molecule has 0 unspecified atom stereocenters. The van der Waals surface area contributed by atoms with Crippen LogP contribution in [-0.4, -0.2) is 20.8 Å². The highest BCUT2D eigenvalue weighted by atomic mass is 35.5. The molecule has 0 atom stereocenters. The lowest BCUT2D eigenvalue weighted by Crippen LogP contribution is -1.95. The van der Waals surface area contributed by atoms with Gasteiger partial charge in [-0.15, -0.1) is 0 Å². The predicted molar refractivity (Wildman–Crippen MR) is 48.9 cm³/mol. The fourth-order valence-corrected chi connectivity index (χ4v) is 1.35. The van der Waals surface area contributed by atoms with Crippen molar-refractivity contribution in [3.63, 3.8) is 0 Å². The van der Waals surface area contributed by atoms with E-state index in [-0.39, 0.29) is 5.28 Å². The highest BCUT2D eigenvalue weighted by Crippen LogP contribution is 2.15. The molecule has 2 rings (SSSR count). The first-order valence-corrected chi connectivity index (χ1v) is 4.03. The number of aryl methyl sites for hydroxylation is 1. The molecule has 0 aromatic carbocycles. The first-order valence-electron chi connectivity index (χ1n) is 3.65. The second-order valence-electron chi connectivity index (χ2n) is 2.66. The van der Waals surface area contributed by atoms with E-state index in [2.05, 4.69) is 9.97 Å². The minimum atomic E-state index is 0.186. The lowest BCUT2D eigenvalue weighted by atomic mass is 10.4. The number of carbonyl (C=O) groups excluding carboxylic acids is 1. The highest BCUT2D eigenvalue weighted by Gasteiger charge is 2.06. The standard InChI is InChI=1S/C8H6ClN3O/c1-12-6(4-13)2-5-3-10-8(9)11-7(5)12/h2-4H,1H3. The quantitative estimate of drug-likeness (QED) is 0.511. The lowest BCUT2D eigenvalue weighted by molar-refractivity contribution is 0.111. The molecule has 0 amide bonds. The van der Waals surface area contributed by atoms with E-state index in [0.29, 0.717) is 11.3 Å². The van der Waals surface area contributed by atoms with Crippen molar-refractivity contribution in [1.82, 2.24) is 14.5 Å². The molecule has 13 heavy (non-hydrogen) atoms. The third-order valence-corrected chi connectivity index (χ3v) is 2.08. The molecule has 2 heterocycles. The van der Waals surface area contributed by atoms with Crippen molar-refractivity contribution in [3.05, 3.63) is 23.2 Å². The summed E-state index contributed by atoms with van der Waals surface area (Å²) in [5, 5.41) is 1.00. The van der Waals surface area contributed by atoms with Crippen molar-refractivity contribution < 1.29 is 4.79 Å². The molecule has 2 aromatic heterocycles. The zero-order valence-electron chi connectivity index (χ0n) is 6.86. The third-order valence-electron chi connectivity index (χ3n) is 1.90. The van der Waals surface area contributed by atoms with Crippen molar-refractivity contribution in [2.75, 3.05) is 0 Å². The molecule has 0 fully saturated rings. The molecular weight excluding hydrogens is 190 g/mol. The second-order valence-corrected chi connectivity index (χ2v) is 3.00. The monoisotopic (exact) mass is 195 g/mol. The predicted octanol–water partition coefficient (Wildman–Crippen LogP) is 1.43. The Hall–Kier alpha value is -1.42. The van der Waals surface area contributed by atoms with Crippen LogP contribution in [0.4, 0.5) is 0 Å². The van der Waals surface area contributed by atoms with Crippen molar-refractivity contribution >= 4 is 28.9 Å². The summed E-state index contributed by atoms with van der Waals surface area (Å²) in [6, 6.07) is 1.72. The number of aromatic nitrogens is 3. The van der Waals surface area contributed by atoms with Gasteiger partial charge in [-0.3, -0.25) is 4.79 Å². The van der Waals surface area contributed by atoms with Crippen molar-refractivity contribution in [1.29, 1.82) is 0 Å². The number of hydrogen-bond donors (Lipinski definition) is 0. The first-order chi connectivity index (χ1) is 6.22. The van der Waals surface area contributed by atoms with Gasteiger partial charge in [-0.05, 0) is 17.7 Å². The molecule has 5 heteroatoms. The van der Waals surface area contributed by atoms with E-state index >= 15 is 0 Å². The molecule has 0 saturated heterocycles. The Kier molecular flexibility index (Phi) is 1.77. The molecule has 4 nitrogen and oxygen atoms in total. The van der Waals surface area contributed by atoms with Gasteiger partial charge in [-0.25, -0.2) is 4.98 Å². The van der Waals surface area contributed by atoms with Gasteiger partial charge in [-0.2, -0.15) is 4.98 Å². The fraction of sp³-hybridized carbons (Fsp3) is 0.125. The molecule has 2 aromatic rings. The number of carbonyl (C=O) groups is 1. The van der Waals surface area contributed by atoms with Crippen LogP contribution >= 0.6 is 11.6 Å². The summed E-state index contributed by atoms with van der Waals surface area (Å²) in [6.45, 7) is 0. The van der Waals surface area contributed by atoms with Gasteiger partial charge >= 0.3 is 0 Å². The number of fused-ring (bicyclic) bond motifs is 1. The normalized spacial score (nSPS) is 10.6. The fourth-order valence-electron chi connectivity index (χ4n) is 1.22. The molecular formula is C8H6ClN3O. The third kappa shape index (κ3) is 1.19. The molecule has 0 aliphatic carbocycles. The molecule has 66 valence electrons. The zero-order chi connectivity index (χ0) is 9.42. The highest BCUT2D eigenvalue weighted by molar-refractivity contribution is 6.28. The van der Waals surface area contributed by atoms with Gasteiger partial charge in [0.1, 0.15) is 5.65 Å². The van der Waals surface area contributed by atoms with E-state index in [1.807, 2.05) is 0 Å². The summed E-state index contributed by atoms with van der Waals surface area (Å²) in [5.41, 5.74) is 1.23. The molecule has 0 aliphatic heterocycles. The number of hydrogen-bond acceptors (Lipinski definition) is 3. The van der Waals surface area contributed by atoms with Crippen molar-refractivity contribution in [2.45, 2.75) is 0 Å². The smallest absolute Gasteiger partial charge is 0.224 e. The summed E-state index contributed by atoms with van der Waals surface area (Å²) >= 11 is 5.62. The van der Waals surface area contributed by atoms with Crippen LogP contribution in [0.5, 0.6) is 0 Å². The van der Waals surface area contributed by atoms with Gasteiger partial charge in [0, 0.05) is 18.6 Å². The van der Waals surface area contributed by atoms with E-state index in [1.54, 1.807) is 23.9 Å². The van der Waals surface area contributed by atoms with Gasteiger partial charge in [-0.1, -0.05) is 0 Å². The molecule has 0 aliphatic rings. The molecule has 0 N–H and O–H groups in total. The molecule has 0 saturated carbocycles. The average Bonchev–Trinajstić information content (AvgIpc) is 2.44. The van der Waals surface area contributed by atoms with Gasteiger partial charge < -0.3 is 4.57 Å². The summed E-state index contributed by atoms with van der Waals surface area (Å²) in [4.78, 5) is 18.4. The Balaban J connectivity index is 2.84. The molecule has 0 bridgehead atoms. The van der Waals surface area contributed by atoms with Gasteiger partial charge in [0.2, 0.25) is 5.28 Å². The van der Waals surface area contributed by atoms with E-state index in [4.69, 9.17) is 11.6 Å². The topological polar surface area (TPSA) is 47.8 Å². The van der Waals surface area contributed by atoms with Crippen LogP contribution in [0.2, 0.25) is 5.28 Å². The Bertz CT molecular complexity index is 477. The van der Waals surface area contributed by atoms with Gasteiger partial charge in [0.05, 0.1) is 5.69 Å². The first kappa shape index (κ1) is 8.19. The van der Waals surface area contributed by atoms with E-state index in [0.717, 1.165) is 11.7 Å². The van der Waals surface area contributed by atoms with Crippen molar-refractivity contribution in [3.8, 4) is 0 Å². The maximum absolute atomic E-state index is 10.6. The number of aldehydes is 1. The lowest BCUT2D eigenvalue weighted by Gasteiger charge is -1.95. The second kappa shape index (κ2) is 2.81. The van der Waals surface area contributed by atoms with Gasteiger partial charge in [0.25, 0.3) is 0 Å². The van der Waals surface area contributed by atoms with E-state index in [9.17, 15) is 4.79 Å². The SMILES string of the molecule is Cn1c(C=O)cc2cnc(Cl)nc21. The maximum Gasteiger partial charge on any atom is 0.224 e. The Morgan fingerprint density at radius 2 is 2.38 bits per heavy atom. The van der Waals surface area contributed by atoms with Crippen LogP contribution in [-0.2, 0) is 7.05 Å². The van der Waals surface area contributed by atoms with Crippen LogP contribution in [0.25, 0.3) is 11.0 Å². The Morgan fingerprint density at radius 3 is 3.08 bits per heavy atom. The largest absolute Gasteiger partial charge is 0.326 e. The maximum atomic E-state index is 10.6. The summed E-state index contributed by atoms with van der Waals surface area (Å²) in [7, 11) is 1.76. The summed E-state index contributed by atoms with van der Waals surface area (Å²) < 4.78 is 1.68. The summed E-state index contributed by atoms with van der Waals surface area (Å²) in [5.74, 6) is 0. The van der Waals surface area contributed by atoms with Crippen LogP contribution in [0.1, 0.15) is 10.5 Å². The Labute approximate surface area is 79.2 Å². The van der Waals surface area contributed by atoms with Crippen molar-refractivity contribution in [2.24, 2.45) is 7.05 Å². The minimum Gasteiger partial charge on any atom is -0.326 e. The average molecular weight is 196 g/mol. The van der Waals surface area contributed by atoms with Gasteiger partial charge in [0.15, 0.2) is 6.29 Å². The zero-order valence-corrected chi connectivity index (χ0v) is 7.62. The molecule has 0 radical (unpaired) electrons. The van der Waals surface area contributed by atoms with Crippen LogP contribution in [0, 0.1) is 0 Å². The minimum absolute atomic E-state index is 0.186. The summed E-state index contributed by atoms with van der Waals surface area (Å²) in [6.07, 6.45) is 2.37. The van der Waals surface area contributed by atoms with Crippen LogP contribution in [0.3, 0.4) is 0 Å². The van der Waals surface area contributed by atoms with Crippen LogP contribution in [0.15, 0.2) is 12.3 Å². The van der Waals surface area contributed by atoms with E-state index < -0.39 is 0 Å². The molecule has 0 spiro atoms.